The Morgan fingerprint density at radius 1 is 1.14 bits per heavy atom. The van der Waals surface area contributed by atoms with E-state index in [4.69, 9.17) is 4.42 Å². The van der Waals surface area contributed by atoms with Crippen LogP contribution in [0, 0.1) is 0 Å². The van der Waals surface area contributed by atoms with Gasteiger partial charge in [-0.25, -0.2) is 0 Å². The number of carbonyl (C=O) groups excluding carboxylic acids is 3. The smallest absolute Gasteiger partial charge is 0.277 e. The maximum Gasteiger partial charge on any atom is 0.277 e. The molecule has 0 unspecified atom stereocenters. The molecule has 1 aliphatic heterocycles. The quantitative estimate of drug-likeness (QED) is 0.618. The standard InChI is InChI=1S/C19H20N4O4S/c24-14-11-23(19(17(26)20-14)9-5-2-6-10-19)15(25)12-28-18-22-21-16(27-18)13-7-3-1-4-8-13/h1,3-4,7-8H,2,5-6,9-12H2,(H,20,24,26). The lowest BCUT2D eigenvalue weighted by molar-refractivity contribution is -0.158. The van der Waals surface area contributed by atoms with Gasteiger partial charge in [0.2, 0.25) is 17.7 Å². The first kappa shape index (κ1) is 18.7. The fourth-order valence-electron chi connectivity index (χ4n) is 3.83. The topological polar surface area (TPSA) is 105 Å². The van der Waals surface area contributed by atoms with Crippen molar-refractivity contribution in [2.24, 2.45) is 0 Å². The van der Waals surface area contributed by atoms with Crippen LogP contribution < -0.4 is 5.32 Å². The number of nitrogens with one attached hydrogen (secondary N) is 1. The third kappa shape index (κ3) is 3.54. The van der Waals surface area contributed by atoms with Crippen molar-refractivity contribution in [2.45, 2.75) is 42.9 Å². The van der Waals surface area contributed by atoms with E-state index in [1.807, 2.05) is 30.3 Å². The first-order chi connectivity index (χ1) is 13.6. The van der Waals surface area contributed by atoms with Crippen LogP contribution in [0.4, 0.5) is 0 Å². The molecular weight excluding hydrogens is 380 g/mol. The number of amides is 3. The van der Waals surface area contributed by atoms with Crippen molar-refractivity contribution in [3.8, 4) is 11.5 Å². The molecule has 2 aliphatic rings. The summed E-state index contributed by atoms with van der Waals surface area (Å²) >= 11 is 1.11. The van der Waals surface area contributed by atoms with Gasteiger partial charge in [0.15, 0.2) is 0 Å². The molecule has 8 nitrogen and oxygen atoms in total. The lowest BCUT2D eigenvalue weighted by atomic mass is 9.78. The minimum absolute atomic E-state index is 0.0265. The van der Waals surface area contributed by atoms with E-state index in [0.717, 1.165) is 36.6 Å². The van der Waals surface area contributed by atoms with Gasteiger partial charge in [0.25, 0.3) is 11.1 Å². The highest BCUT2D eigenvalue weighted by Gasteiger charge is 2.50. The Kier molecular flexibility index (Phi) is 5.17. The van der Waals surface area contributed by atoms with Crippen LogP contribution in [0.3, 0.4) is 0 Å². The maximum atomic E-state index is 12.9. The molecule has 0 bridgehead atoms. The SMILES string of the molecule is O=C1CN(C(=O)CSc2nnc(-c3ccccc3)o2)C2(CCCCC2)C(=O)N1. The summed E-state index contributed by atoms with van der Waals surface area (Å²) in [6.07, 6.45) is 3.93. The summed E-state index contributed by atoms with van der Waals surface area (Å²) in [6.45, 7) is -0.0930. The highest BCUT2D eigenvalue weighted by Crippen LogP contribution is 2.36. The fraction of sp³-hybridized carbons (Fsp3) is 0.421. The van der Waals surface area contributed by atoms with E-state index >= 15 is 0 Å². The molecule has 1 aliphatic carbocycles. The minimum Gasteiger partial charge on any atom is -0.411 e. The van der Waals surface area contributed by atoms with Crippen LogP contribution in [0.2, 0.25) is 0 Å². The van der Waals surface area contributed by atoms with Crippen LogP contribution in [-0.2, 0) is 14.4 Å². The van der Waals surface area contributed by atoms with E-state index in [9.17, 15) is 14.4 Å². The summed E-state index contributed by atoms with van der Waals surface area (Å²) in [4.78, 5) is 38.8. The third-order valence-electron chi connectivity index (χ3n) is 5.22. The van der Waals surface area contributed by atoms with E-state index in [1.54, 1.807) is 0 Å². The monoisotopic (exact) mass is 400 g/mol. The predicted molar refractivity (Wildman–Crippen MR) is 101 cm³/mol. The Morgan fingerprint density at radius 2 is 1.89 bits per heavy atom. The van der Waals surface area contributed by atoms with Gasteiger partial charge < -0.3 is 9.32 Å². The lowest BCUT2D eigenvalue weighted by Gasteiger charge is -2.47. The van der Waals surface area contributed by atoms with Crippen LogP contribution in [0.15, 0.2) is 40.0 Å². The van der Waals surface area contributed by atoms with E-state index < -0.39 is 11.4 Å². The zero-order valence-electron chi connectivity index (χ0n) is 15.2. The molecule has 2 fully saturated rings. The van der Waals surface area contributed by atoms with Crippen LogP contribution in [-0.4, -0.2) is 50.7 Å². The molecule has 1 saturated carbocycles. The zero-order chi connectivity index (χ0) is 19.6. The van der Waals surface area contributed by atoms with Crippen molar-refractivity contribution in [3.63, 3.8) is 0 Å². The summed E-state index contributed by atoms with van der Waals surface area (Å²) in [6, 6.07) is 9.36. The van der Waals surface area contributed by atoms with E-state index in [0.29, 0.717) is 18.7 Å². The fourth-order valence-corrected chi connectivity index (χ4v) is 4.47. The first-order valence-corrected chi connectivity index (χ1v) is 10.2. The number of benzene rings is 1. The van der Waals surface area contributed by atoms with Crippen molar-refractivity contribution in [3.05, 3.63) is 30.3 Å². The van der Waals surface area contributed by atoms with Gasteiger partial charge in [0.1, 0.15) is 12.1 Å². The normalized spacial score (nSPS) is 18.9. The molecule has 1 aromatic carbocycles. The number of rotatable bonds is 4. The molecule has 28 heavy (non-hydrogen) atoms. The number of hydrogen-bond acceptors (Lipinski definition) is 7. The Bertz CT molecular complexity index is 892. The van der Waals surface area contributed by atoms with Gasteiger partial charge in [-0.3, -0.25) is 19.7 Å². The number of carbonyl (C=O) groups is 3. The molecule has 2 aromatic rings. The molecule has 3 amide bonds. The van der Waals surface area contributed by atoms with Gasteiger partial charge in [0.05, 0.1) is 5.75 Å². The molecule has 0 atom stereocenters. The first-order valence-electron chi connectivity index (χ1n) is 9.25. The van der Waals surface area contributed by atoms with Gasteiger partial charge in [-0.05, 0) is 25.0 Å². The second kappa shape index (κ2) is 7.75. The highest BCUT2D eigenvalue weighted by atomic mass is 32.2. The zero-order valence-corrected chi connectivity index (χ0v) is 16.0. The van der Waals surface area contributed by atoms with Crippen molar-refractivity contribution in [1.82, 2.24) is 20.4 Å². The second-order valence-corrected chi connectivity index (χ2v) is 7.90. The summed E-state index contributed by atoms with van der Waals surface area (Å²) < 4.78 is 5.61. The number of aromatic nitrogens is 2. The summed E-state index contributed by atoms with van der Waals surface area (Å²) in [5, 5.41) is 10.7. The maximum absolute atomic E-state index is 12.9. The van der Waals surface area contributed by atoms with Crippen molar-refractivity contribution >= 4 is 29.5 Å². The molecule has 146 valence electrons. The van der Waals surface area contributed by atoms with Gasteiger partial charge in [-0.2, -0.15) is 0 Å². The van der Waals surface area contributed by atoms with E-state index in [2.05, 4.69) is 15.5 Å². The summed E-state index contributed by atoms with van der Waals surface area (Å²) in [7, 11) is 0. The van der Waals surface area contributed by atoms with Crippen molar-refractivity contribution in [1.29, 1.82) is 0 Å². The number of hydrogen-bond donors (Lipinski definition) is 1. The molecule has 4 rings (SSSR count). The molecule has 2 heterocycles. The van der Waals surface area contributed by atoms with Gasteiger partial charge >= 0.3 is 0 Å². The van der Waals surface area contributed by atoms with Crippen LogP contribution in [0.1, 0.15) is 32.1 Å². The second-order valence-electron chi connectivity index (χ2n) is 6.98. The largest absolute Gasteiger partial charge is 0.411 e. The minimum atomic E-state index is -0.909. The predicted octanol–water partition coefficient (Wildman–Crippen LogP) is 2.02. The Labute approximate surface area is 166 Å². The van der Waals surface area contributed by atoms with Crippen LogP contribution >= 0.6 is 11.8 Å². The number of imide groups is 1. The highest BCUT2D eigenvalue weighted by molar-refractivity contribution is 7.99. The Hall–Kier alpha value is -2.68. The Balaban J connectivity index is 1.46. The van der Waals surface area contributed by atoms with Crippen molar-refractivity contribution in [2.75, 3.05) is 12.3 Å². The average Bonchev–Trinajstić information content (AvgIpc) is 3.20. The van der Waals surface area contributed by atoms with E-state index in [1.165, 1.54) is 4.90 Å². The molecule has 0 radical (unpaired) electrons. The molecule has 1 aromatic heterocycles. The van der Waals surface area contributed by atoms with Crippen LogP contribution in [0.5, 0.6) is 0 Å². The third-order valence-corrected chi connectivity index (χ3v) is 6.03. The summed E-state index contributed by atoms with van der Waals surface area (Å²) in [5.41, 5.74) is -0.110. The van der Waals surface area contributed by atoms with E-state index in [-0.39, 0.29) is 29.3 Å². The van der Waals surface area contributed by atoms with Gasteiger partial charge in [-0.15, -0.1) is 10.2 Å². The van der Waals surface area contributed by atoms with Crippen molar-refractivity contribution < 1.29 is 18.8 Å². The van der Waals surface area contributed by atoms with Gasteiger partial charge in [-0.1, -0.05) is 49.2 Å². The molecule has 9 heteroatoms. The van der Waals surface area contributed by atoms with Gasteiger partial charge in [0, 0.05) is 5.56 Å². The molecular formula is C19H20N4O4S. The number of thioether (sulfide) groups is 1. The Morgan fingerprint density at radius 3 is 2.64 bits per heavy atom. The molecule has 1 spiro atoms. The molecule has 1 N–H and O–H groups in total. The lowest BCUT2D eigenvalue weighted by Crippen LogP contribution is -2.69. The summed E-state index contributed by atoms with van der Waals surface area (Å²) in [5.74, 6) is -0.658. The number of nitrogens with zero attached hydrogens (tertiary/aromatic N) is 3. The van der Waals surface area contributed by atoms with Crippen LogP contribution in [0.25, 0.3) is 11.5 Å². The number of piperazine rings is 1. The molecule has 1 saturated heterocycles. The average molecular weight is 400 g/mol.